The van der Waals surface area contributed by atoms with Crippen LogP contribution in [-0.2, 0) is 5.41 Å². The van der Waals surface area contributed by atoms with Crippen LogP contribution in [0.5, 0.6) is 5.75 Å². The molecular weight excluding hydrogens is 330 g/mol. The Balaban J connectivity index is 1.64. The molecule has 2 aromatic rings. The summed E-state index contributed by atoms with van der Waals surface area (Å²) >= 11 is 6.50. The fourth-order valence-electron chi connectivity index (χ4n) is 3.51. The minimum atomic E-state index is -0.0878. The topological polar surface area (TPSA) is 21.3 Å². The molecule has 0 aliphatic carbocycles. The molecule has 0 aromatic heterocycles. The first-order valence-corrected chi connectivity index (χ1v) is 9.67. The van der Waals surface area contributed by atoms with E-state index in [0.29, 0.717) is 17.7 Å². The van der Waals surface area contributed by atoms with Gasteiger partial charge in [-0.1, -0.05) is 68.3 Å². The normalized spacial score (nSPS) is 18.1. The maximum atomic E-state index is 6.50. The van der Waals surface area contributed by atoms with Gasteiger partial charge in [0.1, 0.15) is 5.75 Å². The van der Waals surface area contributed by atoms with E-state index in [2.05, 4.69) is 49.5 Å². The molecule has 1 N–H and O–H groups in total. The molecule has 0 bridgehead atoms. The standard InChI is InChI=1S/C22H28ClNO/c1-22(2,17-8-4-3-5-9-17)18-11-12-21(20(23)16-18)25-15-13-19-10-6-7-14-24-19/h3-5,8-9,11-12,16,19,24H,6-7,10,13-15H2,1-2H3/t19-/m1/s1. The molecule has 25 heavy (non-hydrogen) atoms. The van der Waals surface area contributed by atoms with Gasteiger partial charge >= 0.3 is 0 Å². The maximum Gasteiger partial charge on any atom is 0.137 e. The maximum absolute atomic E-state index is 6.50. The number of nitrogens with one attached hydrogen (secondary N) is 1. The van der Waals surface area contributed by atoms with Crippen LogP contribution in [0.4, 0.5) is 0 Å². The third-order valence-corrected chi connectivity index (χ3v) is 5.58. The Kier molecular flexibility index (Phi) is 6.03. The van der Waals surface area contributed by atoms with Crippen LogP contribution >= 0.6 is 11.6 Å². The molecular formula is C22H28ClNO. The highest BCUT2D eigenvalue weighted by Crippen LogP contribution is 2.35. The lowest BCUT2D eigenvalue weighted by Gasteiger charge is -2.27. The third kappa shape index (κ3) is 4.56. The van der Waals surface area contributed by atoms with E-state index in [-0.39, 0.29) is 5.41 Å². The molecule has 1 aliphatic heterocycles. The predicted octanol–water partition coefficient (Wildman–Crippen LogP) is 5.58. The fraction of sp³-hybridized carbons (Fsp3) is 0.455. The molecule has 1 atom stereocenters. The summed E-state index contributed by atoms with van der Waals surface area (Å²) < 4.78 is 5.94. The Labute approximate surface area is 156 Å². The Hall–Kier alpha value is -1.51. The zero-order valence-corrected chi connectivity index (χ0v) is 16.0. The van der Waals surface area contributed by atoms with Gasteiger partial charge in [0, 0.05) is 11.5 Å². The van der Waals surface area contributed by atoms with Crippen molar-refractivity contribution in [1.82, 2.24) is 5.32 Å². The third-order valence-electron chi connectivity index (χ3n) is 5.29. The average molecular weight is 358 g/mol. The quantitative estimate of drug-likeness (QED) is 0.728. The second kappa shape index (κ2) is 8.25. The second-order valence-electron chi connectivity index (χ2n) is 7.42. The van der Waals surface area contributed by atoms with Crippen molar-refractivity contribution in [2.75, 3.05) is 13.2 Å². The Morgan fingerprint density at radius 1 is 1.08 bits per heavy atom. The Morgan fingerprint density at radius 2 is 1.88 bits per heavy atom. The monoisotopic (exact) mass is 357 g/mol. The fourth-order valence-corrected chi connectivity index (χ4v) is 3.74. The van der Waals surface area contributed by atoms with E-state index < -0.39 is 0 Å². The first-order valence-electron chi connectivity index (χ1n) is 9.29. The Bertz CT molecular complexity index is 678. The number of hydrogen-bond acceptors (Lipinski definition) is 2. The van der Waals surface area contributed by atoms with E-state index in [1.807, 2.05) is 18.2 Å². The van der Waals surface area contributed by atoms with Crippen LogP contribution in [0, 0.1) is 0 Å². The summed E-state index contributed by atoms with van der Waals surface area (Å²) in [5.41, 5.74) is 2.39. The predicted molar refractivity (Wildman–Crippen MR) is 106 cm³/mol. The van der Waals surface area contributed by atoms with Crippen LogP contribution in [0.3, 0.4) is 0 Å². The first kappa shape index (κ1) is 18.3. The molecule has 0 radical (unpaired) electrons. The molecule has 1 heterocycles. The van der Waals surface area contributed by atoms with Gasteiger partial charge in [-0.15, -0.1) is 0 Å². The number of benzene rings is 2. The van der Waals surface area contributed by atoms with Crippen molar-refractivity contribution >= 4 is 11.6 Å². The van der Waals surface area contributed by atoms with Gasteiger partial charge in [-0.3, -0.25) is 0 Å². The summed E-state index contributed by atoms with van der Waals surface area (Å²) in [5.74, 6) is 0.782. The highest BCUT2D eigenvalue weighted by atomic mass is 35.5. The molecule has 3 heteroatoms. The average Bonchev–Trinajstić information content (AvgIpc) is 2.64. The summed E-state index contributed by atoms with van der Waals surface area (Å²) in [4.78, 5) is 0. The van der Waals surface area contributed by atoms with Crippen molar-refractivity contribution in [3.05, 3.63) is 64.7 Å². The lowest BCUT2D eigenvalue weighted by Crippen LogP contribution is -2.35. The second-order valence-corrected chi connectivity index (χ2v) is 7.83. The molecule has 1 aliphatic rings. The first-order chi connectivity index (χ1) is 12.1. The minimum Gasteiger partial charge on any atom is -0.492 e. The van der Waals surface area contributed by atoms with E-state index in [1.54, 1.807) is 0 Å². The van der Waals surface area contributed by atoms with Crippen LogP contribution in [0.25, 0.3) is 0 Å². The van der Waals surface area contributed by atoms with Gasteiger partial charge in [0.05, 0.1) is 11.6 Å². The van der Waals surface area contributed by atoms with Gasteiger partial charge in [-0.2, -0.15) is 0 Å². The van der Waals surface area contributed by atoms with Crippen LogP contribution < -0.4 is 10.1 Å². The van der Waals surface area contributed by atoms with E-state index in [4.69, 9.17) is 16.3 Å². The van der Waals surface area contributed by atoms with Crippen LogP contribution in [0.15, 0.2) is 48.5 Å². The van der Waals surface area contributed by atoms with E-state index in [1.165, 1.54) is 30.4 Å². The van der Waals surface area contributed by atoms with E-state index in [9.17, 15) is 0 Å². The van der Waals surface area contributed by atoms with Gasteiger partial charge in [0.25, 0.3) is 0 Å². The molecule has 2 aromatic carbocycles. The molecule has 1 fully saturated rings. The molecule has 0 spiro atoms. The van der Waals surface area contributed by atoms with Crippen LogP contribution in [0.2, 0.25) is 5.02 Å². The molecule has 0 amide bonds. The highest BCUT2D eigenvalue weighted by molar-refractivity contribution is 6.32. The van der Waals surface area contributed by atoms with E-state index >= 15 is 0 Å². The van der Waals surface area contributed by atoms with Gasteiger partial charge in [-0.25, -0.2) is 0 Å². The van der Waals surface area contributed by atoms with Gasteiger partial charge in [-0.05, 0) is 49.1 Å². The van der Waals surface area contributed by atoms with Gasteiger partial charge < -0.3 is 10.1 Å². The summed E-state index contributed by atoms with van der Waals surface area (Å²) in [6, 6.07) is 17.3. The van der Waals surface area contributed by atoms with E-state index in [0.717, 1.165) is 18.7 Å². The molecule has 2 nitrogen and oxygen atoms in total. The number of piperidine rings is 1. The number of ether oxygens (including phenoxy) is 1. The summed E-state index contributed by atoms with van der Waals surface area (Å²) in [6.07, 6.45) is 4.90. The number of hydrogen-bond donors (Lipinski definition) is 1. The summed E-state index contributed by atoms with van der Waals surface area (Å²) in [5, 5.41) is 4.25. The number of halogens is 1. The highest BCUT2D eigenvalue weighted by Gasteiger charge is 2.23. The zero-order chi connectivity index (χ0) is 17.7. The van der Waals surface area contributed by atoms with Gasteiger partial charge in [0.2, 0.25) is 0 Å². The van der Waals surface area contributed by atoms with Crippen molar-refractivity contribution in [3.63, 3.8) is 0 Å². The van der Waals surface area contributed by atoms with Crippen molar-refractivity contribution < 1.29 is 4.74 Å². The molecule has 3 rings (SSSR count). The Morgan fingerprint density at radius 3 is 2.56 bits per heavy atom. The minimum absolute atomic E-state index is 0.0878. The van der Waals surface area contributed by atoms with Crippen molar-refractivity contribution in [2.45, 2.75) is 51.0 Å². The van der Waals surface area contributed by atoms with Gasteiger partial charge in [0.15, 0.2) is 0 Å². The van der Waals surface area contributed by atoms with Crippen molar-refractivity contribution in [3.8, 4) is 5.75 Å². The van der Waals surface area contributed by atoms with Crippen molar-refractivity contribution in [2.24, 2.45) is 0 Å². The summed E-state index contributed by atoms with van der Waals surface area (Å²) in [7, 11) is 0. The summed E-state index contributed by atoms with van der Waals surface area (Å²) in [6.45, 7) is 6.29. The largest absolute Gasteiger partial charge is 0.492 e. The SMILES string of the molecule is CC(C)(c1ccccc1)c1ccc(OCC[C@H]2CCCCN2)c(Cl)c1. The molecule has 0 saturated carbocycles. The zero-order valence-electron chi connectivity index (χ0n) is 15.2. The van der Waals surface area contributed by atoms with Crippen LogP contribution in [0.1, 0.15) is 50.7 Å². The van der Waals surface area contributed by atoms with Crippen LogP contribution in [-0.4, -0.2) is 19.2 Å². The van der Waals surface area contributed by atoms with Crippen molar-refractivity contribution in [1.29, 1.82) is 0 Å². The number of rotatable bonds is 6. The molecule has 134 valence electrons. The molecule has 1 saturated heterocycles. The smallest absolute Gasteiger partial charge is 0.137 e. The lowest BCUT2D eigenvalue weighted by molar-refractivity contribution is 0.268. The molecule has 0 unspecified atom stereocenters. The lowest BCUT2D eigenvalue weighted by atomic mass is 9.78.